The van der Waals surface area contributed by atoms with Crippen LogP contribution >= 0.6 is 11.8 Å². The van der Waals surface area contributed by atoms with Crippen LogP contribution in [0.3, 0.4) is 0 Å². The summed E-state index contributed by atoms with van der Waals surface area (Å²) < 4.78 is 0. The molecule has 0 aliphatic carbocycles. The second-order valence-corrected chi connectivity index (χ2v) is 5.12. The van der Waals surface area contributed by atoms with Gasteiger partial charge in [-0.2, -0.15) is 17.0 Å². The third kappa shape index (κ3) is 4.02. The summed E-state index contributed by atoms with van der Waals surface area (Å²) in [4.78, 5) is 2.43. The van der Waals surface area contributed by atoms with Gasteiger partial charge < -0.3 is 4.90 Å². The molecule has 0 saturated carbocycles. The van der Waals surface area contributed by atoms with E-state index in [9.17, 15) is 0 Å². The Morgan fingerprint density at radius 3 is 3.15 bits per heavy atom. The molecule has 1 heterocycles. The average Bonchev–Trinajstić information content (AvgIpc) is 2.30. The lowest BCUT2D eigenvalue weighted by atomic mass is 10.1. The highest BCUT2D eigenvalue weighted by Crippen LogP contribution is 2.15. The van der Waals surface area contributed by atoms with Crippen molar-refractivity contribution >= 4 is 11.8 Å². The predicted molar refractivity (Wildman–Crippen MR) is 57.7 cm³/mol. The number of hydrogen-bond acceptors (Lipinski definition) is 3. The smallest absolute Gasteiger partial charge is 0.0666 e. The molecule has 0 amide bonds. The van der Waals surface area contributed by atoms with Crippen LogP contribution in [0, 0.1) is 23.2 Å². The SMILES string of the molecule is CC(C#N)CN1CCSCC(C)C1. The Labute approximate surface area is 85.3 Å². The van der Waals surface area contributed by atoms with Crippen LogP contribution in [0.5, 0.6) is 0 Å². The van der Waals surface area contributed by atoms with E-state index in [-0.39, 0.29) is 5.92 Å². The second kappa shape index (κ2) is 5.51. The first-order valence-corrected chi connectivity index (χ1v) is 6.07. The molecular weight excluding hydrogens is 180 g/mol. The van der Waals surface area contributed by atoms with E-state index in [1.807, 2.05) is 18.7 Å². The van der Waals surface area contributed by atoms with Gasteiger partial charge in [-0.25, -0.2) is 0 Å². The first-order valence-electron chi connectivity index (χ1n) is 4.92. The molecule has 74 valence electrons. The molecule has 13 heavy (non-hydrogen) atoms. The summed E-state index contributed by atoms with van der Waals surface area (Å²) in [5, 5.41) is 8.72. The van der Waals surface area contributed by atoms with E-state index in [0.717, 1.165) is 19.0 Å². The molecule has 3 heteroatoms. The molecule has 1 aliphatic heterocycles. The molecule has 0 radical (unpaired) electrons. The Hall–Kier alpha value is -0.200. The molecule has 1 fully saturated rings. The van der Waals surface area contributed by atoms with Crippen molar-refractivity contribution in [3.05, 3.63) is 0 Å². The van der Waals surface area contributed by atoms with Crippen LogP contribution in [-0.2, 0) is 0 Å². The van der Waals surface area contributed by atoms with E-state index in [2.05, 4.69) is 17.9 Å². The zero-order chi connectivity index (χ0) is 9.68. The molecule has 0 aromatic heterocycles. The van der Waals surface area contributed by atoms with Gasteiger partial charge in [0.05, 0.1) is 12.0 Å². The quantitative estimate of drug-likeness (QED) is 0.677. The van der Waals surface area contributed by atoms with Crippen LogP contribution in [0.1, 0.15) is 13.8 Å². The van der Waals surface area contributed by atoms with Crippen molar-refractivity contribution in [1.82, 2.24) is 4.90 Å². The molecule has 2 unspecified atom stereocenters. The highest BCUT2D eigenvalue weighted by atomic mass is 32.2. The molecule has 2 atom stereocenters. The van der Waals surface area contributed by atoms with Crippen molar-refractivity contribution in [2.75, 3.05) is 31.1 Å². The maximum absolute atomic E-state index is 8.72. The van der Waals surface area contributed by atoms with Gasteiger partial charge in [0.1, 0.15) is 0 Å². The van der Waals surface area contributed by atoms with Gasteiger partial charge in [0, 0.05) is 25.4 Å². The molecule has 1 aliphatic rings. The van der Waals surface area contributed by atoms with E-state index < -0.39 is 0 Å². The van der Waals surface area contributed by atoms with Crippen LogP contribution < -0.4 is 0 Å². The van der Waals surface area contributed by atoms with Crippen LogP contribution in [-0.4, -0.2) is 36.0 Å². The molecular formula is C10H18N2S. The minimum absolute atomic E-state index is 0.176. The lowest BCUT2D eigenvalue weighted by Gasteiger charge is -2.22. The van der Waals surface area contributed by atoms with E-state index in [1.54, 1.807) is 0 Å². The van der Waals surface area contributed by atoms with Gasteiger partial charge in [0.15, 0.2) is 0 Å². The molecule has 0 N–H and O–H groups in total. The monoisotopic (exact) mass is 198 g/mol. The fourth-order valence-corrected chi connectivity index (χ4v) is 2.72. The van der Waals surface area contributed by atoms with Gasteiger partial charge in [0.25, 0.3) is 0 Å². The Bertz CT molecular complexity index is 188. The first-order chi connectivity index (χ1) is 6.22. The Morgan fingerprint density at radius 2 is 2.46 bits per heavy atom. The standard InChI is InChI=1S/C10H18N2S/c1-9(5-11)6-12-3-4-13-8-10(2)7-12/h9-10H,3-4,6-8H2,1-2H3. The van der Waals surface area contributed by atoms with Crippen molar-refractivity contribution in [1.29, 1.82) is 5.26 Å². The van der Waals surface area contributed by atoms with Crippen LogP contribution in [0.25, 0.3) is 0 Å². The normalized spacial score (nSPS) is 27.6. The molecule has 0 aromatic rings. The lowest BCUT2D eigenvalue weighted by molar-refractivity contribution is 0.248. The molecule has 2 nitrogen and oxygen atoms in total. The maximum Gasteiger partial charge on any atom is 0.0666 e. The van der Waals surface area contributed by atoms with Crippen molar-refractivity contribution in [2.24, 2.45) is 11.8 Å². The van der Waals surface area contributed by atoms with Crippen molar-refractivity contribution in [3.8, 4) is 6.07 Å². The number of rotatable bonds is 2. The second-order valence-electron chi connectivity index (χ2n) is 3.97. The third-order valence-corrected chi connectivity index (χ3v) is 3.55. The molecule has 0 bridgehead atoms. The summed E-state index contributed by atoms with van der Waals surface area (Å²) in [6.07, 6.45) is 0. The van der Waals surface area contributed by atoms with E-state index in [1.165, 1.54) is 18.1 Å². The minimum Gasteiger partial charge on any atom is -0.301 e. The van der Waals surface area contributed by atoms with Crippen LogP contribution in [0.4, 0.5) is 0 Å². The van der Waals surface area contributed by atoms with Crippen LogP contribution in [0.2, 0.25) is 0 Å². The van der Waals surface area contributed by atoms with Crippen LogP contribution in [0.15, 0.2) is 0 Å². The van der Waals surface area contributed by atoms with Gasteiger partial charge in [-0.1, -0.05) is 6.92 Å². The lowest BCUT2D eigenvalue weighted by Crippen LogP contribution is -2.32. The highest BCUT2D eigenvalue weighted by molar-refractivity contribution is 7.99. The van der Waals surface area contributed by atoms with Gasteiger partial charge in [0.2, 0.25) is 0 Å². The Kier molecular flexibility index (Phi) is 4.61. The number of thioether (sulfide) groups is 1. The largest absolute Gasteiger partial charge is 0.301 e. The molecule has 0 aromatic carbocycles. The third-order valence-electron chi connectivity index (χ3n) is 2.28. The zero-order valence-corrected chi connectivity index (χ0v) is 9.31. The van der Waals surface area contributed by atoms with Crippen molar-refractivity contribution < 1.29 is 0 Å². The van der Waals surface area contributed by atoms with Crippen molar-refractivity contribution in [3.63, 3.8) is 0 Å². The summed E-state index contributed by atoms with van der Waals surface area (Å²) in [6, 6.07) is 2.30. The van der Waals surface area contributed by atoms with E-state index >= 15 is 0 Å². The summed E-state index contributed by atoms with van der Waals surface area (Å²) in [5.74, 6) is 3.45. The topological polar surface area (TPSA) is 27.0 Å². The predicted octanol–water partition coefficient (Wildman–Crippen LogP) is 1.83. The zero-order valence-electron chi connectivity index (χ0n) is 8.49. The number of nitriles is 1. The van der Waals surface area contributed by atoms with Gasteiger partial charge in [-0.15, -0.1) is 0 Å². The highest BCUT2D eigenvalue weighted by Gasteiger charge is 2.16. The van der Waals surface area contributed by atoms with E-state index in [0.29, 0.717) is 0 Å². The fraction of sp³-hybridized carbons (Fsp3) is 0.900. The summed E-state index contributed by atoms with van der Waals surface area (Å²) in [6.45, 7) is 7.56. The Morgan fingerprint density at radius 1 is 1.69 bits per heavy atom. The molecule has 0 spiro atoms. The molecule has 1 saturated heterocycles. The minimum atomic E-state index is 0.176. The van der Waals surface area contributed by atoms with Gasteiger partial charge in [-0.3, -0.25) is 0 Å². The molecule has 1 rings (SSSR count). The first kappa shape index (κ1) is 10.9. The summed E-state index contributed by atoms with van der Waals surface area (Å²) in [5.41, 5.74) is 0. The fourth-order valence-electron chi connectivity index (χ4n) is 1.66. The van der Waals surface area contributed by atoms with E-state index in [4.69, 9.17) is 5.26 Å². The summed E-state index contributed by atoms with van der Waals surface area (Å²) >= 11 is 2.04. The number of hydrogen-bond donors (Lipinski definition) is 0. The Balaban J connectivity index is 2.35. The van der Waals surface area contributed by atoms with Crippen molar-refractivity contribution in [2.45, 2.75) is 13.8 Å². The number of nitrogens with zero attached hydrogens (tertiary/aromatic N) is 2. The maximum atomic E-state index is 8.72. The van der Waals surface area contributed by atoms with Gasteiger partial charge >= 0.3 is 0 Å². The summed E-state index contributed by atoms with van der Waals surface area (Å²) in [7, 11) is 0. The average molecular weight is 198 g/mol. The van der Waals surface area contributed by atoms with Gasteiger partial charge in [-0.05, 0) is 18.6 Å².